The molecule has 0 atom stereocenters. The van der Waals surface area contributed by atoms with Crippen molar-refractivity contribution in [2.45, 2.75) is 24.7 Å². The number of halogens is 1. The van der Waals surface area contributed by atoms with Crippen molar-refractivity contribution in [3.8, 4) is 5.75 Å². The van der Waals surface area contributed by atoms with Gasteiger partial charge in [0.2, 0.25) is 10.0 Å². The Hall–Kier alpha value is -2.45. The van der Waals surface area contributed by atoms with Crippen molar-refractivity contribution in [3.05, 3.63) is 59.4 Å². The van der Waals surface area contributed by atoms with Gasteiger partial charge in [0.15, 0.2) is 0 Å². The van der Waals surface area contributed by atoms with Crippen LogP contribution in [0.25, 0.3) is 0 Å². The number of ether oxygens (including phenoxy) is 1. The average molecular weight is 421 g/mol. The third kappa shape index (κ3) is 4.94. The molecular weight excluding hydrogens is 395 g/mol. The normalized spacial score (nSPS) is 15.3. The number of hydrogen-bond donors (Lipinski definition) is 1. The van der Waals surface area contributed by atoms with Crippen molar-refractivity contribution in [1.82, 2.24) is 9.62 Å². The van der Waals surface area contributed by atoms with Gasteiger partial charge in [-0.2, -0.15) is 0 Å². The van der Waals surface area contributed by atoms with Gasteiger partial charge in [0.25, 0.3) is 5.91 Å². The summed E-state index contributed by atoms with van der Waals surface area (Å²) in [5.41, 5.74) is 0.893. The monoisotopic (exact) mass is 420 g/mol. The van der Waals surface area contributed by atoms with Gasteiger partial charge in [0, 0.05) is 19.6 Å². The third-order valence-corrected chi connectivity index (χ3v) is 6.62. The molecule has 0 aromatic heterocycles. The van der Waals surface area contributed by atoms with Gasteiger partial charge in [0.05, 0.1) is 12.7 Å². The molecule has 1 aliphatic rings. The van der Waals surface area contributed by atoms with Gasteiger partial charge < -0.3 is 9.64 Å². The van der Waals surface area contributed by atoms with E-state index in [2.05, 4.69) is 4.72 Å². The summed E-state index contributed by atoms with van der Waals surface area (Å²) < 4.78 is 47.1. The fourth-order valence-electron chi connectivity index (χ4n) is 3.44. The smallest absolute Gasteiger partial charge is 0.256 e. The second kappa shape index (κ2) is 8.92. The van der Waals surface area contributed by atoms with E-state index in [0.29, 0.717) is 31.7 Å². The van der Waals surface area contributed by atoms with Crippen LogP contribution >= 0.6 is 0 Å². The van der Waals surface area contributed by atoms with E-state index in [4.69, 9.17) is 4.74 Å². The van der Waals surface area contributed by atoms with Crippen LogP contribution in [0.2, 0.25) is 0 Å². The summed E-state index contributed by atoms with van der Waals surface area (Å²) in [5, 5.41) is 0. The number of methoxy groups -OCH3 is 1. The molecule has 2 aromatic carbocycles. The zero-order valence-corrected chi connectivity index (χ0v) is 17.3. The maximum Gasteiger partial charge on any atom is 0.256 e. The van der Waals surface area contributed by atoms with Crippen molar-refractivity contribution in [2.24, 2.45) is 5.92 Å². The SMILES string of the molecule is COc1ccc(C)cc1S(=O)(=O)NCC1CCN(C(=O)c2ccccc2F)CC1. The first kappa shape index (κ1) is 21.3. The van der Waals surface area contributed by atoms with Crippen LogP contribution in [-0.4, -0.2) is 46.0 Å². The van der Waals surface area contributed by atoms with Gasteiger partial charge in [-0.25, -0.2) is 17.5 Å². The van der Waals surface area contributed by atoms with Crippen molar-refractivity contribution in [3.63, 3.8) is 0 Å². The maximum absolute atomic E-state index is 13.8. The Morgan fingerprint density at radius 1 is 1.21 bits per heavy atom. The minimum Gasteiger partial charge on any atom is -0.495 e. The lowest BCUT2D eigenvalue weighted by Gasteiger charge is -2.32. The Morgan fingerprint density at radius 3 is 2.55 bits per heavy atom. The van der Waals surface area contributed by atoms with Crippen LogP contribution in [0, 0.1) is 18.7 Å². The Balaban J connectivity index is 1.58. The number of likely N-dealkylation sites (tertiary alicyclic amines) is 1. The van der Waals surface area contributed by atoms with Crippen LogP contribution in [0.5, 0.6) is 5.75 Å². The molecule has 0 saturated carbocycles. The van der Waals surface area contributed by atoms with Crippen LogP contribution in [0.3, 0.4) is 0 Å². The van der Waals surface area contributed by atoms with Crippen LogP contribution in [0.4, 0.5) is 4.39 Å². The second-order valence-electron chi connectivity index (χ2n) is 7.22. The van der Waals surface area contributed by atoms with E-state index in [-0.39, 0.29) is 28.8 Å². The van der Waals surface area contributed by atoms with Crippen LogP contribution in [0.15, 0.2) is 47.4 Å². The van der Waals surface area contributed by atoms with Crippen LogP contribution < -0.4 is 9.46 Å². The number of nitrogens with zero attached hydrogens (tertiary/aromatic N) is 1. The van der Waals surface area contributed by atoms with Crippen LogP contribution in [0.1, 0.15) is 28.8 Å². The topological polar surface area (TPSA) is 75.7 Å². The van der Waals surface area contributed by atoms with E-state index in [9.17, 15) is 17.6 Å². The van der Waals surface area contributed by atoms with E-state index in [1.807, 2.05) is 6.92 Å². The lowest BCUT2D eigenvalue weighted by Crippen LogP contribution is -2.41. The molecule has 0 aliphatic carbocycles. The van der Waals surface area contributed by atoms with Gasteiger partial charge in [0.1, 0.15) is 16.5 Å². The number of amides is 1. The number of rotatable bonds is 6. The molecule has 0 bridgehead atoms. The summed E-state index contributed by atoms with van der Waals surface area (Å²) in [6.45, 7) is 3.03. The highest BCUT2D eigenvalue weighted by atomic mass is 32.2. The third-order valence-electron chi connectivity index (χ3n) is 5.18. The molecule has 8 heteroatoms. The summed E-state index contributed by atoms with van der Waals surface area (Å²) in [6, 6.07) is 10.9. The molecular formula is C21H25FN2O4S. The van der Waals surface area contributed by atoms with E-state index >= 15 is 0 Å². The highest BCUT2D eigenvalue weighted by molar-refractivity contribution is 7.89. The molecule has 29 heavy (non-hydrogen) atoms. The van der Waals surface area contributed by atoms with Gasteiger partial charge >= 0.3 is 0 Å². The first-order valence-corrected chi connectivity index (χ1v) is 11.0. The van der Waals surface area contributed by atoms with Crippen molar-refractivity contribution >= 4 is 15.9 Å². The Bertz CT molecular complexity index is 986. The van der Waals surface area contributed by atoms with E-state index in [0.717, 1.165) is 5.56 Å². The lowest BCUT2D eigenvalue weighted by atomic mass is 9.96. The van der Waals surface area contributed by atoms with Gasteiger partial charge in [-0.1, -0.05) is 18.2 Å². The molecule has 2 aromatic rings. The predicted molar refractivity (Wildman–Crippen MR) is 108 cm³/mol. The number of aryl methyl sites for hydroxylation is 1. The zero-order valence-electron chi connectivity index (χ0n) is 16.5. The fraction of sp³-hybridized carbons (Fsp3) is 0.381. The molecule has 0 radical (unpaired) electrons. The minimum atomic E-state index is -3.71. The molecule has 1 fully saturated rings. The highest BCUT2D eigenvalue weighted by Gasteiger charge is 2.27. The zero-order chi connectivity index (χ0) is 21.0. The van der Waals surface area contributed by atoms with Crippen molar-refractivity contribution in [2.75, 3.05) is 26.7 Å². The molecule has 1 aliphatic heterocycles. The minimum absolute atomic E-state index is 0.0678. The molecule has 1 heterocycles. The Labute approximate surface area is 170 Å². The van der Waals surface area contributed by atoms with Crippen molar-refractivity contribution in [1.29, 1.82) is 0 Å². The second-order valence-corrected chi connectivity index (χ2v) is 8.96. The maximum atomic E-state index is 13.8. The molecule has 0 unspecified atom stereocenters. The predicted octanol–water partition coefficient (Wildman–Crippen LogP) is 2.97. The quantitative estimate of drug-likeness (QED) is 0.780. The Morgan fingerprint density at radius 2 is 1.90 bits per heavy atom. The molecule has 6 nitrogen and oxygen atoms in total. The summed E-state index contributed by atoms with van der Waals surface area (Å²) in [7, 11) is -2.27. The highest BCUT2D eigenvalue weighted by Crippen LogP contribution is 2.25. The molecule has 1 amide bonds. The summed E-state index contributed by atoms with van der Waals surface area (Å²) in [5.74, 6) is -0.454. The Kier molecular flexibility index (Phi) is 6.54. The molecule has 3 rings (SSSR count). The standard InChI is InChI=1S/C21H25FN2O4S/c1-15-7-8-19(28-2)20(13-15)29(26,27)23-14-16-9-11-24(12-10-16)21(25)17-5-3-4-6-18(17)22/h3-8,13,16,23H,9-12,14H2,1-2H3. The van der Waals surface area contributed by atoms with Crippen LogP contribution in [-0.2, 0) is 10.0 Å². The van der Waals surface area contributed by atoms with Gasteiger partial charge in [-0.3, -0.25) is 4.79 Å². The lowest BCUT2D eigenvalue weighted by molar-refractivity contribution is 0.0687. The number of carbonyl (C=O) groups is 1. The largest absolute Gasteiger partial charge is 0.495 e. The number of nitrogens with one attached hydrogen (secondary N) is 1. The van der Waals surface area contributed by atoms with Gasteiger partial charge in [-0.15, -0.1) is 0 Å². The average Bonchev–Trinajstić information content (AvgIpc) is 2.72. The number of hydrogen-bond acceptors (Lipinski definition) is 4. The van der Waals surface area contributed by atoms with E-state index in [1.54, 1.807) is 35.2 Å². The van der Waals surface area contributed by atoms with E-state index < -0.39 is 15.8 Å². The summed E-state index contributed by atoms with van der Waals surface area (Å²) in [6.07, 6.45) is 1.29. The number of piperidine rings is 1. The van der Waals surface area contributed by atoms with Crippen molar-refractivity contribution < 1.29 is 22.3 Å². The first-order chi connectivity index (χ1) is 13.8. The van der Waals surface area contributed by atoms with E-state index in [1.165, 1.54) is 19.2 Å². The summed E-state index contributed by atoms with van der Waals surface area (Å²) in [4.78, 5) is 14.2. The van der Waals surface area contributed by atoms with Gasteiger partial charge in [-0.05, 0) is 55.5 Å². The summed E-state index contributed by atoms with van der Waals surface area (Å²) >= 11 is 0. The fourth-order valence-corrected chi connectivity index (χ4v) is 4.81. The number of benzene rings is 2. The molecule has 1 saturated heterocycles. The molecule has 156 valence electrons. The molecule has 0 spiro atoms. The molecule has 1 N–H and O–H groups in total. The number of carbonyl (C=O) groups excluding carboxylic acids is 1. The number of sulfonamides is 1. The first-order valence-electron chi connectivity index (χ1n) is 9.50.